The van der Waals surface area contributed by atoms with E-state index in [2.05, 4.69) is 21.3 Å². The number of methoxy groups -OCH3 is 1. The molecule has 7 rings (SSSR count). The summed E-state index contributed by atoms with van der Waals surface area (Å²) < 4.78 is 40.4. The van der Waals surface area contributed by atoms with E-state index >= 15 is 0 Å². The number of hydrogen-bond acceptors (Lipinski definition) is 13. The van der Waals surface area contributed by atoms with Gasteiger partial charge in [-0.05, 0) is 68.5 Å². The summed E-state index contributed by atoms with van der Waals surface area (Å²) in [6.45, 7) is 9.62. The molecule has 1 aliphatic carbocycles. The van der Waals surface area contributed by atoms with Crippen molar-refractivity contribution in [1.82, 2.24) is 35.1 Å². The molecule has 1 saturated heterocycles. The Kier molecular flexibility index (Phi) is 14.6. The number of nitrogens with zero attached hydrogens (tertiary/aromatic N) is 4. The second-order valence-electron chi connectivity index (χ2n) is 18.7. The van der Waals surface area contributed by atoms with Gasteiger partial charge in [0.05, 0.1) is 24.9 Å². The molecule has 4 aromatic rings. The number of pyridine rings is 1. The van der Waals surface area contributed by atoms with Crippen molar-refractivity contribution >= 4 is 72.5 Å². The minimum Gasteiger partial charge on any atom is -0.497 e. The van der Waals surface area contributed by atoms with Gasteiger partial charge >= 0.3 is 12.0 Å². The zero-order chi connectivity index (χ0) is 47.6. The lowest BCUT2D eigenvalue weighted by Crippen LogP contribution is -2.59. The smallest absolute Gasteiger partial charge is 0.330 e. The molecule has 0 radical (unpaired) electrons. The highest BCUT2D eigenvalue weighted by molar-refractivity contribution is 7.91. The summed E-state index contributed by atoms with van der Waals surface area (Å²) >= 11 is 2.55. The van der Waals surface area contributed by atoms with Gasteiger partial charge in [-0.25, -0.2) is 28.0 Å². The van der Waals surface area contributed by atoms with Crippen LogP contribution in [0.25, 0.3) is 22.3 Å². The summed E-state index contributed by atoms with van der Waals surface area (Å²) in [7, 11) is -0.797. The van der Waals surface area contributed by atoms with Crippen molar-refractivity contribution in [3.05, 3.63) is 59.3 Å². The first-order valence-electron chi connectivity index (χ1n) is 22.3. The fourth-order valence-electron chi connectivity index (χ4n) is 8.38. The first kappa shape index (κ1) is 48.6. The number of allylic oxidation sites excluding steroid dienone is 1. The molecule has 20 heteroatoms. The molecule has 2 fully saturated rings. The molecule has 0 spiro atoms. The molecule has 4 amide bonds. The Bertz CT molecular complexity index is 2560. The number of sulfonamides is 1. The highest BCUT2D eigenvalue weighted by atomic mass is 32.2. The number of benzene rings is 1. The number of nitrogens with one attached hydrogen (secondary N) is 4. The van der Waals surface area contributed by atoms with Crippen molar-refractivity contribution in [2.75, 3.05) is 32.6 Å². The van der Waals surface area contributed by atoms with Crippen LogP contribution in [0.3, 0.4) is 0 Å². The third-order valence-electron chi connectivity index (χ3n) is 12.3. The number of anilines is 1. The first-order valence-corrected chi connectivity index (χ1v) is 25.5. The largest absolute Gasteiger partial charge is 0.497 e. The van der Waals surface area contributed by atoms with Crippen molar-refractivity contribution in [2.24, 2.45) is 11.3 Å². The summed E-state index contributed by atoms with van der Waals surface area (Å²) in [5.74, 6) is -1.70. The Hall–Kier alpha value is -5.31. The van der Waals surface area contributed by atoms with Crippen LogP contribution in [-0.4, -0.2) is 120 Å². The van der Waals surface area contributed by atoms with Gasteiger partial charge in [0.1, 0.15) is 45.1 Å². The van der Waals surface area contributed by atoms with Gasteiger partial charge in [0.25, 0.3) is 10.0 Å². The summed E-state index contributed by atoms with van der Waals surface area (Å²) in [6, 6.07) is 6.97. The van der Waals surface area contributed by atoms with E-state index in [0.717, 1.165) is 29.3 Å². The number of carbonyl (C=O) groups excluding carboxylic acids is 3. The molecule has 1 aromatic carbocycles. The van der Waals surface area contributed by atoms with Gasteiger partial charge in [-0.15, -0.1) is 22.7 Å². The van der Waals surface area contributed by atoms with Gasteiger partial charge in [0.2, 0.25) is 11.8 Å². The van der Waals surface area contributed by atoms with Crippen LogP contribution >= 0.6 is 22.7 Å². The number of urea groups is 1. The zero-order valence-corrected chi connectivity index (χ0v) is 40.8. The Morgan fingerprint density at radius 1 is 1.09 bits per heavy atom. The number of thiophene rings is 1. The van der Waals surface area contributed by atoms with Crippen molar-refractivity contribution in [3.8, 4) is 22.9 Å². The molecule has 5 N–H and O–H groups in total. The zero-order valence-electron chi connectivity index (χ0n) is 38.3. The van der Waals surface area contributed by atoms with Crippen molar-refractivity contribution < 1.29 is 42.2 Å². The molecule has 2 aliphatic heterocycles. The fraction of sp³-hybridized carbons (Fsp3) is 0.522. The Balaban J connectivity index is 1.18. The number of rotatable bonds is 13. The standard InChI is InChI=1S/C46H60N8O9S3/c1-27(2)47-44-50-35(26-65-44)34-22-37(31-18-17-29(62-7)20-33(31)48-34)63-30-21-36-40(55)52-46(42(57)58)23-28(46)14-11-9-8-10-12-15-32(41(56)54(36)24-30)49-43(59)51-38(45(3,4)5)25-53(6)66(60,61)39-16-13-19-64-39/h11,13-14,16-20,22,26-28,30,32,36,38H,8-10,12,15,21,23-25H2,1-7H3,(H,47,50)(H,52,55)(H,57,58)(H2,49,51,59)/b14-11-/t28?,30-,32-,36+,38-,46-/m1/s1. The van der Waals surface area contributed by atoms with E-state index in [9.17, 15) is 32.7 Å². The van der Waals surface area contributed by atoms with Crippen LogP contribution in [0.5, 0.6) is 11.5 Å². The van der Waals surface area contributed by atoms with E-state index in [-0.39, 0.29) is 42.6 Å². The molecule has 1 saturated carbocycles. The number of likely N-dealkylation sites (N-methyl/N-ethyl adjacent to an activating group) is 1. The average molecular weight is 965 g/mol. The van der Waals surface area contributed by atoms with Crippen LogP contribution in [0.4, 0.5) is 9.93 Å². The summed E-state index contributed by atoms with van der Waals surface area (Å²) in [5, 5.41) is 27.3. The number of ether oxygens (including phenoxy) is 2. The molecule has 17 nitrogen and oxygen atoms in total. The van der Waals surface area contributed by atoms with Crippen LogP contribution < -0.4 is 30.7 Å². The molecule has 0 bridgehead atoms. The predicted molar refractivity (Wildman–Crippen MR) is 254 cm³/mol. The van der Waals surface area contributed by atoms with Crippen molar-refractivity contribution in [2.45, 2.75) is 120 Å². The van der Waals surface area contributed by atoms with Gasteiger partial charge in [0.15, 0.2) is 5.13 Å². The molecule has 66 heavy (non-hydrogen) atoms. The molecular weight excluding hydrogens is 905 g/mol. The fourth-order valence-corrected chi connectivity index (χ4v) is 11.6. The monoisotopic (exact) mass is 964 g/mol. The molecule has 5 heterocycles. The topological polar surface area (TPSA) is 221 Å². The number of amides is 4. The van der Waals surface area contributed by atoms with E-state index in [4.69, 9.17) is 19.4 Å². The summed E-state index contributed by atoms with van der Waals surface area (Å²) in [5.41, 5.74) is -0.387. The van der Waals surface area contributed by atoms with E-state index in [1.165, 1.54) is 33.7 Å². The van der Waals surface area contributed by atoms with E-state index < -0.39 is 74.9 Å². The number of aromatic nitrogens is 2. The lowest BCUT2D eigenvalue weighted by atomic mass is 9.87. The molecular formula is C46H60N8O9S3. The highest BCUT2D eigenvalue weighted by Gasteiger charge is 2.61. The summed E-state index contributed by atoms with van der Waals surface area (Å²) in [4.78, 5) is 67.2. The molecule has 3 aromatic heterocycles. The number of carboxylic acids is 1. The van der Waals surface area contributed by atoms with Crippen LogP contribution in [-0.2, 0) is 24.4 Å². The number of aliphatic carboxylic acids is 1. The quantitative estimate of drug-likeness (QED) is 0.0910. The number of thiazole rings is 1. The maximum atomic E-state index is 15.0. The van der Waals surface area contributed by atoms with Crippen LogP contribution in [0.15, 0.2) is 63.5 Å². The highest BCUT2D eigenvalue weighted by Crippen LogP contribution is 2.46. The molecule has 6 atom stereocenters. The summed E-state index contributed by atoms with van der Waals surface area (Å²) in [6.07, 6.45) is 6.31. The second-order valence-corrected chi connectivity index (χ2v) is 22.7. The normalized spacial score (nSPS) is 23.8. The Morgan fingerprint density at radius 3 is 2.58 bits per heavy atom. The lowest BCUT2D eigenvalue weighted by molar-refractivity contribution is -0.145. The van der Waals surface area contributed by atoms with Crippen LogP contribution in [0, 0.1) is 11.3 Å². The van der Waals surface area contributed by atoms with E-state index in [1.54, 1.807) is 36.8 Å². The van der Waals surface area contributed by atoms with Crippen molar-refractivity contribution in [1.29, 1.82) is 0 Å². The molecule has 1 unspecified atom stereocenters. The van der Waals surface area contributed by atoms with Gasteiger partial charge in [-0.3, -0.25) is 9.59 Å². The lowest BCUT2D eigenvalue weighted by Gasteiger charge is -2.35. The molecule has 356 valence electrons. The van der Waals surface area contributed by atoms with Gasteiger partial charge in [0, 0.05) is 60.9 Å². The third kappa shape index (κ3) is 10.9. The predicted octanol–water partition coefficient (Wildman–Crippen LogP) is 6.48. The average Bonchev–Trinajstić information content (AvgIpc) is 3.73. The number of hydrogen-bond donors (Lipinski definition) is 5. The molecule has 3 aliphatic rings. The number of carboxylic acid groups (broad SMARTS) is 1. The minimum atomic E-state index is -3.83. The number of carbonyl (C=O) groups is 4. The van der Waals surface area contributed by atoms with Crippen molar-refractivity contribution in [3.63, 3.8) is 0 Å². The SMILES string of the molecule is COc1ccc2c(O[C@@H]3C[C@H]4C(=O)N[C@]5(C(=O)O)CC5/C=C\CCCCC[C@@H](NC(=O)N[C@H](CN(C)S(=O)(=O)c5cccs5)C(C)(C)C)C(=O)N4C3)cc(-c3csc(NC(C)C)n3)nc2c1. The Labute approximate surface area is 393 Å². The maximum absolute atomic E-state index is 15.0. The maximum Gasteiger partial charge on any atom is 0.330 e. The minimum absolute atomic E-state index is 0.0261. The van der Waals surface area contributed by atoms with Crippen LogP contribution in [0.2, 0.25) is 0 Å². The van der Waals surface area contributed by atoms with Gasteiger partial charge < -0.3 is 40.7 Å². The van der Waals surface area contributed by atoms with E-state index in [1.807, 2.05) is 58.2 Å². The van der Waals surface area contributed by atoms with Gasteiger partial charge in [-0.2, -0.15) is 4.31 Å². The van der Waals surface area contributed by atoms with Crippen LogP contribution in [0.1, 0.15) is 79.6 Å². The second kappa shape index (κ2) is 19.9. The number of fused-ring (bicyclic) bond motifs is 3. The van der Waals surface area contributed by atoms with Gasteiger partial charge in [-0.1, -0.05) is 51.8 Å². The third-order valence-corrected chi connectivity index (χ3v) is 16.3. The first-order chi connectivity index (χ1) is 31.3. The Morgan fingerprint density at radius 2 is 1.88 bits per heavy atom. The van der Waals surface area contributed by atoms with E-state index in [0.29, 0.717) is 46.6 Å².